The highest BCUT2D eigenvalue weighted by molar-refractivity contribution is 6.08. The molecule has 176 valence electrons. The van der Waals surface area contributed by atoms with Gasteiger partial charge in [0.2, 0.25) is 0 Å². The first-order valence-corrected chi connectivity index (χ1v) is 12.9. The first-order valence-electron chi connectivity index (χ1n) is 12.9. The van der Waals surface area contributed by atoms with Gasteiger partial charge in [-0.05, 0) is 74.7 Å². The number of aryl methyl sites for hydroxylation is 1. The standard InChI is InChI=1S/C23H25NO.C9H7N/c1-2-6-19-17(4-1)8-9-23-21-7-3-5-18(20(21)10-11-22(19)23)16-24-12-14-25-15-13-24;1-2-4-9-7-10-6-5-8(9)3-1/h1-2,4,6,8-11,18H,3,5,7,12-16H2;1-7H. The first-order chi connectivity index (χ1) is 17.4. The summed E-state index contributed by atoms with van der Waals surface area (Å²) >= 11 is 0. The van der Waals surface area contributed by atoms with Crippen LogP contribution in [0.2, 0.25) is 0 Å². The van der Waals surface area contributed by atoms with Crippen molar-refractivity contribution in [3.8, 4) is 0 Å². The Morgan fingerprint density at radius 3 is 2.37 bits per heavy atom. The number of benzene rings is 4. The summed E-state index contributed by atoms with van der Waals surface area (Å²) in [6.07, 6.45) is 7.54. The Morgan fingerprint density at radius 2 is 1.51 bits per heavy atom. The SMILES string of the molecule is c1ccc2c(c1)ccc1c3c(ccc12)C(CN1CCOCC1)CCC3.c1ccc2cnccc2c1. The number of hydrogen-bond acceptors (Lipinski definition) is 3. The Labute approximate surface area is 207 Å². The van der Waals surface area contributed by atoms with Crippen molar-refractivity contribution in [2.45, 2.75) is 25.2 Å². The maximum absolute atomic E-state index is 5.52. The molecule has 1 aliphatic heterocycles. The molecule has 2 heterocycles. The number of pyridine rings is 1. The van der Waals surface area contributed by atoms with Crippen molar-refractivity contribution in [2.75, 3.05) is 32.8 Å². The van der Waals surface area contributed by atoms with Crippen LogP contribution in [-0.2, 0) is 11.2 Å². The van der Waals surface area contributed by atoms with Gasteiger partial charge in [-0.3, -0.25) is 9.88 Å². The minimum atomic E-state index is 0.678. The summed E-state index contributed by atoms with van der Waals surface area (Å²) in [6.45, 7) is 5.15. The van der Waals surface area contributed by atoms with E-state index in [4.69, 9.17) is 4.74 Å². The summed E-state index contributed by atoms with van der Waals surface area (Å²) in [5.74, 6) is 0.678. The molecule has 0 spiro atoms. The lowest BCUT2D eigenvalue weighted by molar-refractivity contribution is 0.0343. The Morgan fingerprint density at radius 1 is 0.743 bits per heavy atom. The summed E-state index contributed by atoms with van der Waals surface area (Å²) in [4.78, 5) is 6.60. The van der Waals surface area contributed by atoms with Gasteiger partial charge >= 0.3 is 0 Å². The van der Waals surface area contributed by atoms with Gasteiger partial charge in [-0.1, -0.05) is 72.8 Å². The molecule has 4 aromatic carbocycles. The van der Waals surface area contributed by atoms with E-state index in [0.29, 0.717) is 5.92 Å². The number of rotatable bonds is 2. The van der Waals surface area contributed by atoms with Gasteiger partial charge in [-0.25, -0.2) is 0 Å². The Balaban J connectivity index is 0.000000191. The summed E-state index contributed by atoms with van der Waals surface area (Å²) < 4.78 is 5.52. The predicted octanol–water partition coefficient (Wildman–Crippen LogP) is 6.98. The Hall–Kier alpha value is -3.27. The van der Waals surface area contributed by atoms with E-state index < -0.39 is 0 Å². The highest BCUT2D eigenvalue weighted by atomic mass is 16.5. The fraction of sp³-hybridized carbons (Fsp3) is 0.281. The molecule has 1 aliphatic carbocycles. The zero-order valence-corrected chi connectivity index (χ0v) is 20.2. The van der Waals surface area contributed by atoms with Crippen LogP contribution in [0.25, 0.3) is 32.3 Å². The van der Waals surface area contributed by atoms with Crippen LogP contribution in [0, 0.1) is 0 Å². The molecular weight excluding hydrogens is 428 g/mol. The number of fused-ring (bicyclic) bond motifs is 6. The molecule has 0 N–H and O–H groups in total. The van der Waals surface area contributed by atoms with Gasteiger partial charge in [0, 0.05) is 32.0 Å². The third-order valence-corrected chi connectivity index (χ3v) is 7.63. The van der Waals surface area contributed by atoms with Crippen LogP contribution in [0.4, 0.5) is 0 Å². The van der Waals surface area contributed by atoms with Crippen molar-refractivity contribution >= 4 is 32.3 Å². The van der Waals surface area contributed by atoms with Gasteiger partial charge in [-0.2, -0.15) is 0 Å². The van der Waals surface area contributed by atoms with E-state index in [1.807, 2.05) is 30.6 Å². The summed E-state index contributed by atoms with van der Waals surface area (Å²) in [6, 6.07) is 28.4. The van der Waals surface area contributed by atoms with Crippen LogP contribution in [0.3, 0.4) is 0 Å². The monoisotopic (exact) mass is 460 g/mol. The van der Waals surface area contributed by atoms with E-state index in [1.165, 1.54) is 58.1 Å². The van der Waals surface area contributed by atoms with Gasteiger partial charge in [-0.15, -0.1) is 0 Å². The third-order valence-electron chi connectivity index (χ3n) is 7.63. The fourth-order valence-corrected chi connectivity index (χ4v) is 5.82. The molecule has 1 fully saturated rings. The normalized spacial score (nSPS) is 18.2. The second kappa shape index (κ2) is 10.2. The molecule has 0 radical (unpaired) electrons. The summed E-state index contributed by atoms with van der Waals surface area (Å²) in [5, 5.41) is 8.07. The molecule has 0 bridgehead atoms. The molecular formula is C32H32N2O. The van der Waals surface area contributed by atoms with E-state index in [9.17, 15) is 0 Å². The number of hydrogen-bond donors (Lipinski definition) is 0. The maximum Gasteiger partial charge on any atom is 0.0594 e. The highest BCUT2D eigenvalue weighted by Crippen LogP contribution is 2.38. The second-order valence-electron chi connectivity index (χ2n) is 9.74. The van der Waals surface area contributed by atoms with Gasteiger partial charge in [0.1, 0.15) is 0 Å². The molecule has 1 atom stereocenters. The Kier molecular flexibility index (Phi) is 6.44. The molecule has 1 unspecified atom stereocenters. The van der Waals surface area contributed by atoms with Crippen LogP contribution in [-0.4, -0.2) is 42.7 Å². The lowest BCUT2D eigenvalue weighted by atomic mass is 9.79. The number of ether oxygens (including phenoxy) is 1. The van der Waals surface area contributed by atoms with Crippen LogP contribution in [0.15, 0.2) is 91.3 Å². The van der Waals surface area contributed by atoms with E-state index >= 15 is 0 Å². The minimum Gasteiger partial charge on any atom is -0.379 e. The first kappa shape index (κ1) is 22.2. The van der Waals surface area contributed by atoms with Crippen molar-refractivity contribution in [2.24, 2.45) is 0 Å². The molecule has 3 heteroatoms. The topological polar surface area (TPSA) is 25.4 Å². The van der Waals surface area contributed by atoms with E-state index in [1.54, 1.807) is 11.1 Å². The lowest BCUT2D eigenvalue weighted by Crippen LogP contribution is -2.39. The molecule has 5 aromatic rings. The molecule has 0 amide bonds. The van der Waals surface area contributed by atoms with Crippen LogP contribution in [0.5, 0.6) is 0 Å². The minimum absolute atomic E-state index is 0.678. The molecule has 35 heavy (non-hydrogen) atoms. The molecule has 2 aliphatic rings. The van der Waals surface area contributed by atoms with Crippen molar-refractivity contribution in [3.63, 3.8) is 0 Å². The van der Waals surface area contributed by atoms with E-state index in [-0.39, 0.29) is 0 Å². The zero-order chi connectivity index (χ0) is 23.5. The second-order valence-corrected chi connectivity index (χ2v) is 9.74. The summed E-state index contributed by atoms with van der Waals surface area (Å²) in [7, 11) is 0. The number of morpholine rings is 1. The van der Waals surface area contributed by atoms with Gasteiger partial charge < -0.3 is 4.74 Å². The van der Waals surface area contributed by atoms with Crippen LogP contribution >= 0.6 is 0 Å². The third kappa shape index (κ3) is 4.67. The fourth-order valence-electron chi connectivity index (χ4n) is 5.82. The zero-order valence-electron chi connectivity index (χ0n) is 20.2. The van der Waals surface area contributed by atoms with Gasteiger partial charge in [0.25, 0.3) is 0 Å². The molecule has 3 nitrogen and oxygen atoms in total. The molecule has 0 saturated carbocycles. The molecule has 1 aromatic heterocycles. The van der Waals surface area contributed by atoms with Crippen LogP contribution in [0.1, 0.15) is 29.9 Å². The van der Waals surface area contributed by atoms with E-state index in [2.05, 4.69) is 70.5 Å². The van der Waals surface area contributed by atoms with E-state index in [0.717, 1.165) is 26.3 Å². The average Bonchev–Trinajstić information content (AvgIpc) is 2.94. The number of nitrogens with zero attached hydrogens (tertiary/aromatic N) is 2. The van der Waals surface area contributed by atoms with Gasteiger partial charge in [0.15, 0.2) is 0 Å². The predicted molar refractivity (Wildman–Crippen MR) is 146 cm³/mol. The van der Waals surface area contributed by atoms with Crippen molar-refractivity contribution < 1.29 is 4.74 Å². The quantitative estimate of drug-likeness (QED) is 0.266. The molecule has 7 rings (SSSR count). The Bertz CT molecular complexity index is 1390. The van der Waals surface area contributed by atoms with Crippen molar-refractivity contribution in [1.29, 1.82) is 0 Å². The maximum atomic E-state index is 5.52. The number of aromatic nitrogens is 1. The van der Waals surface area contributed by atoms with Crippen molar-refractivity contribution in [3.05, 3.63) is 102 Å². The largest absolute Gasteiger partial charge is 0.379 e. The highest BCUT2D eigenvalue weighted by Gasteiger charge is 2.25. The van der Waals surface area contributed by atoms with Gasteiger partial charge in [0.05, 0.1) is 13.2 Å². The average molecular weight is 461 g/mol. The van der Waals surface area contributed by atoms with Crippen molar-refractivity contribution in [1.82, 2.24) is 9.88 Å². The smallest absolute Gasteiger partial charge is 0.0594 e. The van der Waals surface area contributed by atoms with Crippen LogP contribution < -0.4 is 0 Å². The lowest BCUT2D eigenvalue weighted by Gasteiger charge is -2.34. The molecule has 1 saturated heterocycles. The summed E-state index contributed by atoms with van der Waals surface area (Å²) in [5.41, 5.74) is 3.20.